The molecule has 2 N–H and O–H groups in total. The molecule has 0 fully saturated rings. The van der Waals surface area contributed by atoms with Gasteiger partial charge in [-0.05, 0) is 22.0 Å². The van der Waals surface area contributed by atoms with Gasteiger partial charge in [0.15, 0.2) is 0 Å². The fourth-order valence-corrected chi connectivity index (χ4v) is 2.50. The summed E-state index contributed by atoms with van der Waals surface area (Å²) in [6.45, 7) is 0.554. The molecule has 7 heteroatoms. The van der Waals surface area contributed by atoms with Crippen LogP contribution in [0.5, 0.6) is 0 Å². The van der Waals surface area contributed by atoms with Crippen LogP contribution in [0.1, 0.15) is 16.1 Å². The first-order chi connectivity index (χ1) is 9.20. The number of nitrogens with zero attached hydrogens (tertiary/aromatic N) is 2. The van der Waals surface area contributed by atoms with Crippen LogP contribution in [0.15, 0.2) is 27.6 Å². The molecule has 5 nitrogen and oxygen atoms in total. The zero-order valence-electron chi connectivity index (χ0n) is 10.3. The Hall–Kier alpha value is -1.47. The molecule has 2 heterocycles. The summed E-state index contributed by atoms with van der Waals surface area (Å²) in [6.07, 6.45) is 2.38. The van der Waals surface area contributed by atoms with Crippen molar-refractivity contribution in [3.05, 3.63) is 38.9 Å². The molecule has 0 aliphatic rings. The van der Waals surface area contributed by atoms with Gasteiger partial charge in [-0.3, -0.25) is 4.79 Å². The van der Waals surface area contributed by atoms with E-state index in [-0.39, 0.29) is 5.91 Å². The molecule has 2 rings (SSSR count). The van der Waals surface area contributed by atoms with Gasteiger partial charge in [0.25, 0.3) is 5.91 Å². The van der Waals surface area contributed by atoms with Crippen LogP contribution in [0.4, 0.5) is 5.82 Å². The second-order valence-electron chi connectivity index (χ2n) is 3.79. The van der Waals surface area contributed by atoms with Crippen LogP contribution in [-0.2, 0) is 6.42 Å². The molecule has 0 aromatic carbocycles. The van der Waals surface area contributed by atoms with Gasteiger partial charge in [0, 0.05) is 36.1 Å². The molecule has 1 amide bonds. The van der Waals surface area contributed by atoms with Crippen LogP contribution in [0, 0.1) is 0 Å². The molecule has 2 aromatic heterocycles. The second-order valence-corrected chi connectivity index (χ2v) is 5.42. The van der Waals surface area contributed by atoms with Crippen molar-refractivity contribution in [1.82, 2.24) is 15.3 Å². The number of aromatic nitrogens is 2. The van der Waals surface area contributed by atoms with Gasteiger partial charge in [-0.2, -0.15) is 0 Å². The number of pyridine rings is 1. The van der Waals surface area contributed by atoms with E-state index in [1.54, 1.807) is 36.2 Å². The number of nitrogens with one attached hydrogen (secondary N) is 2. The molecule has 19 heavy (non-hydrogen) atoms. The summed E-state index contributed by atoms with van der Waals surface area (Å²) in [5.74, 6) is 0.419. The van der Waals surface area contributed by atoms with Gasteiger partial charge in [0.2, 0.25) is 0 Å². The number of amides is 1. The Bertz CT molecular complexity index is 559. The van der Waals surface area contributed by atoms with E-state index in [2.05, 4.69) is 36.5 Å². The van der Waals surface area contributed by atoms with Crippen molar-refractivity contribution in [2.24, 2.45) is 0 Å². The van der Waals surface area contributed by atoms with E-state index < -0.39 is 0 Å². The minimum Gasteiger partial charge on any atom is -0.372 e. The summed E-state index contributed by atoms with van der Waals surface area (Å²) in [5.41, 5.74) is 3.30. The van der Waals surface area contributed by atoms with E-state index in [0.29, 0.717) is 17.9 Å². The topological polar surface area (TPSA) is 66.9 Å². The quantitative estimate of drug-likeness (QED) is 0.876. The minimum absolute atomic E-state index is 0.145. The normalized spacial score (nSPS) is 10.2. The summed E-state index contributed by atoms with van der Waals surface area (Å²) < 4.78 is 0.774. The van der Waals surface area contributed by atoms with E-state index in [4.69, 9.17) is 0 Å². The van der Waals surface area contributed by atoms with Gasteiger partial charge in [0.05, 0.1) is 16.8 Å². The molecule has 0 radical (unpaired) electrons. The zero-order valence-corrected chi connectivity index (χ0v) is 12.7. The van der Waals surface area contributed by atoms with Crippen LogP contribution in [0.2, 0.25) is 0 Å². The van der Waals surface area contributed by atoms with Crippen LogP contribution in [0.25, 0.3) is 0 Å². The first kappa shape index (κ1) is 14.0. The summed E-state index contributed by atoms with van der Waals surface area (Å²) in [6, 6.07) is 1.75. The van der Waals surface area contributed by atoms with Crippen molar-refractivity contribution in [1.29, 1.82) is 0 Å². The molecular formula is C12H13BrN4OS. The second kappa shape index (κ2) is 6.63. The zero-order chi connectivity index (χ0) is 13.7. The first-order valence-electron chi connectivity index (χ1n) is 5.69. The highest BCUT2D eigenvalue weighted by Gasteiger charge is 2.12. The highest BCUT2D eigenvalue weighted by Crippen LogP contribution is 2.17. The van der Waals surface area contributed by atoms with Crippen molar-refractivity contribution < 1.29 is 4.79 Å². The molecule has 100 valence electrons. The van der Waals surface area contributed by atoms with E-state index >= 15 is 0 Å². The van der Waals surface area contributed by atoms with E-state index in [1.807, 2.05) is 5.38 Å². The molecule has 2 aromatic rings. The van der Waals surface area contributed by atoms with E-state index in [9.17, 15) is 4.79 Å². The molecule has 0 aliphatic carbocycles. The Morgan fingerprint density at radius 2 is 2.32 bits per heavy atom. The summed E-state index contributed by atoms with van der Waals surface area (Å²) in [7, 11) is 1.74. The van der Waals surface area contributed by atoms with Gasteiger partial charge < -0.3 is 10.6 Å². The SMILES string of the molecule is CNc1ncc(Br)cc1C(=O)NCCc1cscn1. The summed E-state index contributed by atoms with van der Waals surface area (Å²) in [5, 5.41) is 7.75. The lowest BCUT2D eigenvalue weighted by Gasteiger charge is -2.09. The van der Waals surface area contributed by atoms with Crippen molar-refractivity contribution >= 4 is 39.0 Å². The average molecular weight is 341 g/mol. The number of carbonyl (C=O) groups excluding carboxylic acids is 1. The Labute approximate surface area is 123 Å². The number of halogens is 1. The lowest BCUT2D eigenvalue weighted by molar-refractivity contribution is 0.0954. The van der Waals surface area contributed by atoms with Crippen LogP contribution in [0.3, 0.4) is 0 Å². The van der Waals surface area contributed by atoms with E-state index in [0.717, 1.165) is 16.6 Å². The third-order valence-electron chi connectivity index (χ3n) is 2.49. The van der Waals surface area contributed by atoms with Gasteiger partial charge in [-0.1, -0.05) is 0 Å². The van der Waals surface area contributed by atoms with Crippen molar-refractivity contribution in [3.63, 3.8) is 0 Å². The van der Waals surface area contributed by atoms with Crippen molar-refractivity contribution in [2.75, 3.05) is 18.9 Å². The smallest absolute Gasteiger partial charge is 0.255 e. The first-order valence-corrected chi connectivity index (χ1v) is 7.43. The Kier molecular flexibility index (Phi) is 4.86. The molecule has 0 saturated carbocycles. The van der Waals surface area contributed by atoms with Gasteiger partial charge in [-0.25, -0.2) is 9.97 Å². The fourth-order valence-electron chi connectivity index (χ4n) is 1.57. The third kappa shape index (κ3) is 3.74. The number of thiazole rings is 1. The largest absolute Gasteiger partial charge is 0.372 e. The maximum absolute atomic E-state index is 12.1. The molecule has 0 atom stereocenters. The van der Waals surface area contributed by atoms with Crippen molar-refractivity contribution in [2.45, 2.75) is 6.42 Å². The highest BCUT2D eigenvalue weighted by molar-refractivity contribution is 9.10. The number of anilines is 1. The summed E-state index contributed by atoms with van der Waals surface area (Å²) >= 11 is 4.87. The van der Waals surface area contributed by atoms with Crippen LogP contribution < -0.4 is 10.6 Å². The molecule has 0 unspecified atom stereocenters. The number of hydrogen-bond acceptors (Lipinski definition) is 5. The molecule has 0 aliphatic heterocycles. The van der Waals surface area contributed by atoms with E-state index in [1.165, 1.54) is 0 Å². The highest BCUT2D eigenvalue weighted by atomic mass is 79.9. The molecule has 0 spiro atoms. The van der Waals surface area contributed by atoms with Crippen LogP contribution in [-0.4, -0.2) is 29.5 Å². The standard InChI is InChI=1S/C12H13BrN4OS/c1-14-11-10(4-8(13)5-16-11)12(18)15-3-2-9-6-19-7-17-9/h4-7H,2-3H2,1H3,(H,14,16)(H,15,18). The molecule has 0 saturated heterocycles. The average Bonchev–Trinajstić information content (AvgIpc) is 2.91. The Morgan fingerprint density at radius 1 is 1.47 bits per heavy atom. The Balaban J connectivity index is 1.97. The van der Waals surface area contributed by atoms with Crippen molar-refractivity contribution in [3.8, 4) is 0 Å². The van der Waals surface area contributed by atoms with Crippen LogP contribution >= 0.6 is 27.3 Å². The lowest BCUT2D eigenvalue weighted by atomic mass is 10.2. The Morgan fingerprint density at radius 3 is 3.00 bits per heavy atom. The predicted octanol–water partition coefficient (Wildman–Crippen LogP) is 2.31. The number of hydrogen-bond donors (Lipinski definition) is 2. The number of rotatable bonds is 5. The lowest BCUT2D eigenvalue weighted by Crippen LogP contribution is -2.26. The number of carbonyl (C=O) groups is 1. The third-order valence-corrected chi connectivity index (χ3v) is 3.55. The molecular weight excluding hydrogens is 328 g/mol. The van der Waals surface area contributed by atoms with Gasteiger partial charge >= 0.3 is 0 Å². The molecule has 0 bridgehead atoms. The fraction of sp³-hybridized carbons (Fsp3) is 0.250. The maximum atomic E-state index is 12.1. The van der Waals surface area contributed by atoms with Gasteiger partial charge in [-0.15, -0.1) is 11.3 Å². The maximum Gasteiger partial charge on any atom is 0.255 e. The predicted molar refractivity (Wildman–Crippen MR) is 79.6 cm³/mol. The van der Waals surface area contributed by atoms with Gasteiger partial charge in [0.1, 0.15) is 5.82 Å². The summed E-state index contributed by atoms with van der Waals surface area (Å²) in [4.78, 5) is 20.4. The minimum atomic E-state index is -0.145. The monoisotopic (exact) mass is 340 g/mol.